The molecule has 2 aromatic heterocycles. The van der Waals surface area contributed by atoms with Gasteiger partial charge in [0, 0.05) is 17.1 Å². The van der Waals surface area contributed by atoms with Crippen LogP contribution in [0.2, 0.25) is 0 Å². The Hall–Kier alpha value is -3.04. The second-order valence-electron chi connectivity index (χ2n) is 6.78. The second kappa shape index (κ2) is 8.00. The monoisotopic (exact) mass is 438 g/mol. The van der Waals surface area contributed by atoms with Gasteiger partial charge in [-0.25, -0.2) is 0 Å². The van der Waals surface area contributed by atoms with Gasteiger partial charge in [0.05, 0.1) is 11.4 Å². The van der Waals surface area contributed by atoms with Crippen molar-refractivity contribution in [2.45, 2.75) is 12.1 Å². The highest BCUT2D eigenvalue weighted by molar-refractivity contribution is 7.99. The van der Waals surface area contributed by atoms with Crippen molar-refractivity contribution in [1.82, 2.24) is 14.6 Å². The summed E-state index contributed by atoms with van der Waals surface area (Å²) < 4.78 is 13.1. The first-order chi connectivity index (χ1) is 14.7. The van der Waals surface area contributed by atoms with E-state index in [4.69, 9.17) is 9.47 Å². The lowest BCUT2D eigenvalue weighted by Crippen LogP contribution is -2.17. The van der Waals surface area contributed by atoms with Crippen LogP contribution in [-0.4, -0.2) is 39.5 Å². The first kappa shape index (κ1) is 19.0. The van der Waals surface area contributed by atoms with E-state index in [0.717, 1.165) is 16.2 Å². The Morgan fingerprint density at radius 2 is 1.93 bits per heavy atom. The van der Waals surface area contributed by atoms with Gasteiger partial charge in [0.2, 0.25) is 10.9 Å². The van der Waals surface area contributed by atoms with E-state index in [1.54, 1.807) is 18.2 Å². The molecule has 7 nitrogen and oxygen atoms in total. The predicted molar refractivity (Wildman–Crippen MR) is 118 cm³/mol. The number of benzene rings is 2. The van der Waals surface area contributed by atoms with E-state index in [9.17, 15) is 4.79 Å². The van der Waals surface area contributed by atoms with Crippen LogP contribution in [0, 0.1) is 6.92 Å². The molecule has 152 valence electrons. The molecule has 1 aliphatic rings. The van der Waals surface area contributed by atoms with Crippen molar-refractivity contribution in [2.75, 3.05) is 24.3 Å². The lowest BCUT2D eigenvalue weighted by Gasteiger charge is -2.18. The van der Waals surface area contributed by atoms with Gasteiger partial charge in [-0.05, 0) is 24.6 Å². The number of aromatic nitrogens is 3. The molecule has 4 aromatic rings. The predicted octanol–water partition coefficient (Wildman–Crippen LogP) is 4.27. The fraction of sp³-hybridized carbons (Fsp3) is 0.190. The van der Waals surface area contributed by atoms with Gasteiger partial charge >= 0.3 is 0 Å². The van der Waals surface area contributed by atoms with E-state index in [-0.39, 0.29) is 11.7 Å². The van der Waals surface area contributed by atoms with Crippen LogP contribution in [0.4, 0.5) is 5.69 Å². The van der Waals surface area contributed by atoms with Crippen LogP contribution < -0.4 is 14.8 Å². The molecule has 1 amide bonds. The van der Waals surface area contributed by atoms with Gasteiger partial charge in [0.15, 0.2) is 16.7 Å². The minimum atomic E-state index is -0.124. The Labute approximate surface area is 181 Å². The quantitative estimate of drug-likeness (QED) is 0.469. The van der Waals surface area contributed by atoms with Crippen LogP contribution in [0.15, 0.2) is 53.0 Å². The van der Waals surface area contributed by atoms with Gasteiger partial charge in [-0.2, -0.15) is 0 Å². The number of nitrogens with one attached hydrogen (secondary N) is 1. The largest absolute Gasteiger partial charge is 0.486 e. The van der Waals surface area contributed by atoms with Gasteiger partial charge in [0.1, 0.15) is 13.2 Å². The van der Waals surface area contributed by atoms with Crippen molar-refractivity contribution < 1.29 is 14.3 Å². The maximum atomic E-state index is 12.5. The summed E-state index contributed by atoms with van der Waals surface area (Å²) in [5, 5.41) is 14.2. The third-order valence-corrected chi connectivity index (χ3v) is 6.37. The number of rotatable bonds is 5. The van der Waals surface area contributed by atoms with Crippen molar-refractivity contribution in [2.24, 2.45) is 0 Å². The van der Waals surface area contributed by atoms with Crippen LogP contribution in [0.5, 0.6) is 11.5 Å². The topological polar surface area (TPSA) is 77.8 Å². The SMILES string of the molecule is Cc1ccc(-c2csc3nnc(SCC(=O)Nc4ccc5c(c4)OCCO5)n23)cc1. The van der Waals surface area contributed by atoms with Crippen LogP contribution in [0.3, 0.4) is 0 Å². The molecule has 5 rings (SSSR count). The Bertz CT molecular complexity index is 1220. The molecule has 0 bridgehead atoms. The zero-order chi connectivity index (χ0) is 20.5. The molecule has 0 fully saturated rings. The van der Waals surface area contributed by atoms with E-state index in [0.29, 0.717) is 35.6 Å². The molecule has 0 aliphatic carbocycles. The number of thioether (sulfide) groups is 1. The highest BCUT2D eigenvalue weighted by atomic mass is 32.2. The van der Waals surface area contributed by atoms with Gasteiger partial charge in [-0.15, -0.1) is 21.5 Å². The average molecular weight is 439 g/mol. The van der Waals surface area contributed by atoms with E-state index in [1.807, 2.05) is 4.40 Å². The van der Waals surface area contributed by atoms with Crippen molar-refractivity contribution in [1.29, 1.82) is 0 Å². The Balaban J connectivity index is 1.30. The number of hydrogen-bond acceptors (Lipinski definition) is 7. The highest BCUT2D eigenvalue weighted by Gasteiger charge is 2.16. The fourth-order valence-corrected chi connectivity index (χ4v) is 4.80. The summed E-state index contributed by atoms with van der Waals surface area (Å²) in [4.78, 5) is 13.3. The van der Waals surface area contributed by atoms with Gasteiger partial charge in [-0.3, -0.25) is 9.20 Å². The van der Waals surface area contributed by atoms with E-state index < -0.39 is 0 Å². The highest BCUT2D eigenvalue weighted by Crippen LogP contribution is 2.33. The molecule has 0 saturated carbocycles. The number of carbonyl (C=O) groups excluding carboxylic acids is 1. The zero-order valence-electron chi connectivity index (χ0n) is 16.1. The Morgan fingerprint density at radius 1 is 1.13 bits per heavy atom. The van der Waals surface area contributed by atoms with Crippen molar-refractivity contribution in [3.63, 3.8) is 0 Å². The summed E-state index contributed by atoms with van der Waals surface area (Å²) in [6.45, 7) is 3.11. The number of nitrogens with zero attached hydrogens (tertiary/aromatic N) is 3. The zero-order valence-corrected chi connectivity index (χ0v) is 17.8. The summed E-state index contributed by atoms with van der Waals surface area (Å²) in [7, 11) is 0. The molecule has 0 atom stereocenters. The standard InChI is InChI=1S/C21H18N4O3S2/c1-13-2-4-14(5-3-13)16-11-29-20-23-24-21(25(16)20)30-12-19(26)22-15-6-7-17-18(10-15)28-9-8-27-17/h2-7,10-11H,8-9,12H2,1H3,(H,22,26). The summed E-state index contributed by atoms with van der Waals surface area (Å²) in [5.41, 5.74) is 4.00. The Morgan fingerprint density at radius 3 is 2.77 bits per heavy atom. The maximum absolute atomic E-state index is 12.5. The van der Waals surface area contributed by atoms with E-state index in [2.05, 4.69) is 52.1 Å². The first-order valence-electron chi connectivity index (χ1n) is 9.39. The molecular weight excluding hydrogens is 420 g/mol. The van der Waals surface area contributed by atoms with Crippen LogP contribution in [-0.2, 0) is 4.79 Å². The fourth-order valence-electron chi connectivity index (χ4n) is 3.16. The number of hydrogen-bond donors (Lipinski definition) is 1. The number of fused-ring (bicyclic) bond motifs is 2. The minimum Gasteiger partial charge on any atom is -0.486 e. The molecule has 0 unspecified atom stereocenters. The second-order valence-corrected chi connectivity index (χ2v) is 8.56. The number of carbonyl (C=O) groups is 1. The van der Waals surface area contributed by atoms with Crippen molar-refractivity contribution in [3.05, 3.63) is 53.4 Å². The van der Waals surface area contributed by atoms with Crippen LogP contribution in [0.25, 0.3) is 16.2 Å². The van der Waals surface area contributed by atoms with Gasteiger partial charge < -0.3 is 14.8 Å². The molecule has 0 spiro atoms. The van der Waals surface area contributed by atoms with Gasteiger partial charge in [-0.1, -0.05) is 41.6 Å². The molecule has 0 radical (unpaired) electrons. The summed E-state index contributed by atoms with van der Waals surface area (Å²) in [6.07, 6.45) is 0. The number of anilines is 1. The summed E-state index contributed by atoms with van der Waals surface area (Å²) in [5.74, 6) is 1.44. The smallest absolute Gasteiger partial charge is 0.234 e. The molecule has 30 heavy (non-hydrogen) atoms. The number of amides is 1. The average Bonchev–Trinajstić information content (AvgIpc) is 3.35. The number of aryl methyl sites for hydroxylation is 1. The normalized spacial score (nSPS) is 12.8. The maximum Gasteiger partial charge on any atom is 0.234 e. The first-order valence-corrected chi connectivity index (χ1v) is 11.3. The molecule has 9 heteroatoms. The number of thiazole rings is 1. The van der Waals surface area contributed by atoms with Crippen LogP contribution in [0.1, 0.15) is 5.56 Å². The molecule has 2 aromatic carbocycles. The molecule has 1 N–H and O–H groups in total. The molecule has 0 saturated heterocycles. The molecule has 3 heterocycles. The third kappa shape index (κ3) is 3.73. The minimum absolute atomic E-state index is 0.124. The number of ether oxygens (including phenoxy) is 2. The molecular formula is C21H18N4O3S2. The lowest BCUT2D eigenvalue weighted by molar-refractivity contribution is -0.113. The van der Waals surface area contributed by atoms with Crippen molar-refractivity contribution >= 4 is 39.7 Å². The van der Waals surface area contributed by atoms with Gasteiger partial charge in [0.25, 0.3) is 0 Å². The van der Waals surface area contributed by atoms with E-state index in [1.165, 1.54) is 28.7 Å². The van der Waals surface area contributed by atoms with Crippen molar-refractivity contribution in [3.8, 4) is 22.8 Å². The molecule has 1 aliphatic heterocycles. The third-order valence-electron chi connectivity index (χ3n) is 4.63. The summed E-state index contributed by atoms with van der Waals surface area (Å²) in [6, 6.07) is 13.7. The summed E-state index contributed by atoms with van der Waals surface area (Å²) >= 11 is 2.89. The van der Waals surface area contributed by atoms with E-state index >= 15 is 0 Å². The Kier molecular flexibility index (Phi) is 5.06. The lowest BCUT2D eigenvalue weighted by atomic mass is 10.1. The van der Waals surface area contributed by atoms with Crippen LogP contribution >= 0.6 is 23.1 Å².